The number of benzene rings is 1. The molecule has 1 N–H and O–H groups in total. The van der Waals surface area contributed by atoms with Crippen molar-refractivity contribution in [2.75, 3.05) is 7.05 Å². The van der Waals surface area contributed by atoms with Gasteiger partial charge in [0.2, 0.25) is 0 Å². The molecular formula is C22H25N3. The molecular weight excluding hydrogens is 306 g/mol. The first kappa shape index (κ1) is 17.2. The van der Waals surface area contributed by atoms with Crippen molar-refractivity contribution in [3.8, 4) is 0 Å². The van der Waals surface area contributed by atoms with Crippen molar-refractivity contribution >= 4 is 11.9 Å². The molecule has 0 amide bonds. The highest BCUT2D eigenvalue weighted by atomic mass is 15.0. The summed E-state index contributed by atoms with van der Waals surface area (Å²) >= 11 is 0. The van der Waals surface area contributed by atoms with E-state index in [1.807, 2.05) is 37.5 Å². The number of hydrogen-bond donors (Lipinski definition) is 1. The van der Waals surface area contributed by atoms with E-state index >= 15 is 0 Å². The lowest BCUT2D eigenvalue weighted by Gasteiger charge is -2.13. The fourth-order valence-corrected chi connectivity index (χ4v) is 2.73. The molecule has 25 heavy (non-hydrogen) atoms. The van der Waals surface area contributed by atoms with Gasteiger partial charge in [-0.05, 0) is 36.8 Å². The minimum Gasteiger partial charge on any atom is -0.344 e. The Kier molecular flexibility index (Phi) is 5.78. The summed E-state index contributed by atoms with van der Waals surface area (Å²) < 4.78 is 0. The minimum atomic E-state index is 0.809. The van der Waals surface area contributed by atoms with Gasteiger partial charge in [0.25, 0.3) is 0 Å². The fourth-order valence-electron chi connectivity index (χ4n) is 2.73. The largest absolute Gasteiger partial charge is 0.344 e. The third-order valence-corrected chi connectivity index (χ3v) is 4.40. The van der Waals surface area contributed by atoms with Gasteiger partial charge < -0.3 is 5.32 Å². The van der Waals surface area contributed by atoms with Gasteiger partial charge in [0, 0.05) is 36.6 Å². The lowest BCUT2D eigenvalue weighted by molar-refractivity contribution is 0.778. The molecule has 3 heteroatoms. The first-order valence-corrected chi connectivity index (χ1v) is 8.84. The zero-order valence-corrected chi connectivity index (χ0v) is 14.8. The molecule has 0 unspecified atom stereocenters. The van der Waals surface area contributed by atoms with Gasteiger partial charge in [0.15, 0.2) is 0 Å². The molecule has 1 aliphatic carbocycles. The summed E-state index contributed by atoms with van der Waals surface area (Å²) in [6.07, 6.45) is 10.5. The van der Waals surface area contributed by atoms with Crippen LogP contribution in [0.5, 0.6) is 0 Å². The summed E-state index contributed by atoms with van der Waals surface area (Å²) in [5.41, 5.74) is 4.46. The summed E-state index contributed by atoms with van der Waals surface area (Å²) in [7, 11) is 1.83. The molecule has 0 aliphatic heterocycles. The maximum absolute atomic E-state index is 4.50. The molecule has 0 spiro atoms. The Morgan fingerprint density at radius 1 is 1.24 bits per heavy atom. The predicted octanol–water partition coefficient (Wildman–Crippen LogP) is 4.62. The molecule has 3 nitrogen and oxygen atoms in total. The van der Waals surface area contributed by atoms with Crippen LogP contribution in [-0.4, -0.2) is 17.9 Å². The average molecular weight is 331 g/mol. The Hall–Kier alpha value is -2.68. The molecule has 0 bridgehead atoms. The Labute approximate surface area is 150 Å². The molecule has 1 heterocycles. The van der Waals surface area contributed by atoms with Gasteiger partial charge in [-0.15, -0.1) is 0 Å². The van der Waals surface area contributed by atoms with Crippen molar-refractivity contribution < 1.29 is 0 Å². The van der Waals surface area contributed by atoms with E-state index in [-0.39, 0.29) is 0 Å². The smallest absolute Gasteiger partial charge is 0.132 e. The summed E-state index contributed by atoms with van der Waals surface area (Å²) in [5.74, 6) is 1.73. The molecule has 3 rings (SSSR count). The van der Waals surface area contributed by atoms with Crippen LogP contribution in [0, 0.1) is 5.92 Å². The molecule has 1 aromatic heterocycles. The van der Waals surface area contributed by atoms with Gasteiger partial charge >= 0.3 is 0 Å². The van der Waals surface area contributed by atoms with Crippen molar-refractivity contribution in [2.24, 2.45) is 10.9 Å². The van der Waals surface area contributed by atoms with Gasteiger partial charge in [0.05, 0.1) is 0 Å². The van der Waals surface area contributed by atoms with Crippen molar-refractivity contribution in [3.63, 3.8) is 0 Å². The van der Waals surface area contributed by atoms with Crippen molar-refractivity contribution in [3.05, 3.63) is 83.8 Å². The zero-order chi connectivity index (χ0) is 17.5. The van der Waals surface area contributed by atoms with Gasteiger partial charge in [0.1, 0.15) is 5.84 Å². The van der Waals surface area contributed by atoms with Crippen LogP contribution in [0.25, 0.3) is 6.08 Å². The third-order valence-electron chi connectivity index (χ3n) is 4.40. The Balaban J connectivity index is 1.72. The van der Waals surface area contributed by atoms with E-state index in [0.29, 0.717) is 0 Å². The first-order valence-electron chi connectivity index (χ1n) is 8.84. The van der Waals surface area contributed by atoms with Crippen LogP contribution in [0.15, 0.2) is 72.0 Å². The van der Waals surface area contributed by atoms with E-state index < -0.39 is 0 Å². The SMILES string of the molecule is C=Cc1ccc(C/C=C(/CC2CC2)NC(=NC)c2ccccc2)nc1. The number of pyridine rings is 1. The van der Waals surface area contributed by atoms with Crippen molar-refractivity contribution in [1.29, 1.82) is 0 Å². The Bertz CT molecular complexity index is 754. The molecule has 128 valence electrons. The van der Waals surface area contributed by atoms with E-state index in [2.05, 4.69) is 52.2 Å². The van der Waals surface area contributed by atoms with E-state index in [1.165, 1.54) is 18.5 Å². The first-order chi connectivity index (χ1) is 12.3. The van der Waals surface area contributed by atoms with Crippen molar-refractivity contribution in [2.45, 2.75) is 25.7 Å². The summed E-state index contributed by atoms with van der Waals surface area (Å²) in [6.45, 7) is 3.77. The van der Waals surface area contributed by atoms with E-state index in [0.717, 1.165) is 41.4 Å². The topological polar surface area (TPSA) is 37.3 Å². The van der Waals surface area contributed by atoms with Crippen LogP contribution >= 0.6 is 0 Å². The standard InChI is InChI=1S/C22H25N3/c1-3-17-11-12-20(24-16-17)13-14-21(15-18-9-10-18)25-22(23-2)19-7-5-4-6-8-19/h3-8,11-12,14,16,18H,1,9-10,13,15H2,2H3,(H,23,25)/b21-14-. The summed E-state index contributed by atoms with van der Waals surface area (Å²) in [5, 5.41) is 3.55. The van der Waals surface area contributed by atoms with E-state index in [4.69, 9.17) is 0 Å². The highest BCUT2D eigenvalue weighted by Gasteiger charge is 2.23. The normalized spacial score (nSPS) is 15.1. The van der Waals surface area contributed by atoms with Crippen LogP contribution < -0.4 is 5.32 Å². The Morgan fingerprint density at radius 3 is 2.64 bits per heavy atom. The second kappa shape index (κ2) is 8.43. The second-order valence-electron chi connectivity index (χ2n) is 6.43. The lowest BCUT2D eigenvalue weighted by atomic mass is 10.1. The van der Waals surface area contributed by atoms with Crippen molar-refractivity contribution in [1.82, 2.24) is 10.3 Å². The zero-order valence-electron chi connectivity index (χ0n) is 14.8. The minimum absolute atomic E-state index is 0.809. The fraction of sp³-hybridized carbons (Fsp3) is 0.273. The molecule has 1 fully saturated rings. The quantitative estimate of drug-likeness (QED) is 0.594. The molecule has 1 aromatic carbocycles. The van der Waals surface area contributed by atoms with Crippen LogP contribution in [0.2, 0.25) is 0 Å². The Morgan fingerprint density at radius 2 is 2.04 bits per heavy atom. The number of nitrogens with zero attached hydrogens (tertiary/aromatic N) is 2. The van der Waals surface area contributed by atoms with Gasteiger partial charge in [-0.2, -0.15) is 0 Å². The maximum atomic E-state index is 4.50. The predicted molar refractivity (Wildman–Crippen MR) is 105 cm³/mol. The summed E-state index contributed by atoms with van der Waals surface area (Å²) in [6, 6.07) is 14.4. The highest BCUT2D eigenvalue weighted by Crippen LogP contribution is 2.34. The third kappa shape index (κ3) is 5.15. The number of aliphatic imine (C=N–C) groups is 1. The van der Waals surface area contributed by atoms with E-state index in [9.17, 15) is 0 Å². The summed E-state index contributed by atoms with van der Waals surface area (Å²) in [4.78, 5) is 8.94. The monoisotopic (exact) mass is 331 g/mol. The highest BCUT2D eigenvalue weighted by molar-refractivity contribution is 5.99. The van der Waals surface area contributed by atoms with Crippen LogP contribution in [0.1, 0.15) is 36.1 Å². The van der Waals surface area contributed by atoms with Gasteiger partial charge in [-0.1, -0.05) is 55.1 Å². The second-order valence-corrected chi connectivity index (χ2v) is 6.43. The molecule has 1 aliphatic rings. The number of amidine groups is 1. The molecule has 0 radical (unpaired) electrons. The number of nitrogens with one attached hydrogen (secondary N) is 1. The van der Waals surface area contributed by atoms with Crippen LogP contribution in [0.4, 0.5) is 0 Å². The molecule has 0 saturated heterocycles. The number of aromatic nitrogens is 1. The molecule has 0 atom stereocenters. The molecule has 1 saturated carbocycles. The van der Waals surface area contributed by atoms with E-state index in [1.54, 1.807) is 0 Å². The molecule has 2 aromatic rings. The average Bonchev–Trinajstić information content (AvgIpc) is 3.49. The number of rotatable bonds is 7. The maximum Gasteiger partial charge on any atom is 0.132 e. The van der Waals surface area contributed by atoms with Gasteiger partial charge in [-0.25, -0.2) is 0 Å². The lowest BCUT2D eigenvalue weighted by Crippen LogP contribution is -2.24. The number of hydrogen-bond acceptors (Lipinski definition) is 2. The van der Waals surface area contributed by atoms with Crippen LogP contribution in [0.3, 0.4) is 0 Å². The van der Waals surface area contributed by atoms with Gasteiger partial charge in [-0.3, -0.25) is 9.98 Å². The number of allylic oxidation sites excluding steroid dienone is 2. The van der Waals surface area contributed by atoms with Crippen LogP contribution in [-0.2, 0) is 6.42 Å².